The van der Waals surface area contributed by atoms with Gasteiger partial charge in [0.05, 0.1) is 0 Å². The zero-order valence-corrected chi connectivity index (χ0v) is 16.0. The Balaban J connectivity index is 1.52. The molecule has 0 saturated carbocycles. The topological polar surface area (TPSA) is 87.3 Å². The molecule has 0 spiro atoms. The van der Waals surface area contributed by atoms with E-state index in [-0.39, 0.29) is 24.7 Å². The maximum Gasteiger partial charge on any atom is 0.322 e. The molecule has 0 unspecified atom stereocenters. The van der Waals surface area contributed by atoms with Crippen LogP contribution in [0.25, 0.3) is 0 Å². The predicted molar refractivity (Wildman–Crippen MR) is 105 cm³/mol. The molecule has 2 aromatic carbocycles. The Hall–Kier alpha value is -2.80. The van der Waals surface area contributed by atoms with Crippen LogP contribution in [0, 0.1) is 13.8 Å². The smallest absolute Gasteiger partial charge is 0.322 e. The normalized spacial score (nSPS) is 16.0. The van der Waals surface area contributed by atoms with Gasteiger partial charge in [-0.1, -0.05) is 29.5 Å². The lowest BCUT2D eigenvalue weighted by atomic mass is 10.1. The Morgan fingerprint density at radius 3 is 2.48 bits per heavy atom. The monoisotopic (exact) mass is 383 g/mol. The van der Waals surface area contributed by atoms with Crippen molar-refractivity contribution >= 4 is 35.3 Å². The van der Waals surface area contributed by atoms with E-state index in [2.05, 4.69) is 48.0 Å². The predicted octanol–water partition coefficient (Wildman–Crippen LogP) is 3.38. The van der Waals surface area contributed by atoms with E-state index < -0.39 is 12.1 Å². The summed E-state index contributed by atoms with van der Waals surface area (Å²) in [6.45, 7) is 4.17. The van der Waals surface area contributed by atoms with Crippen LogP contribution in [0.5, 0.6) is 0 Å². The highest BCUT2D eigenvalue weighted by Gasteiger charge is 2.29. The standard InChI is InChI=1S/C20H21N3O3S/c1-12-3-9-17(13(2)11-12)27-15-6-4-14(5-7-15)21-18(24)10-8-16-19(25)23-20(26)22-16/h3-7,9,11,16H,8,10H2,1-2H3,(H,21,24)(H2,22,23,25,26)/t16-/m0/s1. The van der Waals surface area contributed by atoms with Crippen molar-refractivity contribution in [2.24, 2.45) is 0 Å². The van der Waals surface area contributed by atoms with Crippen LogP contribution in [-0.4, -0.2) is 23.9 Å². The van der Waals surface area contributed by atoms with Crippen LogP contribution < -0.4 is 16.0 Å². The number of hydrogen-bond acceptors (Lipinski definition) is 4. The third-order valence-corrected chi connectivity index (χ3v) is 5.40. The summed E-state index contributed by atoms with van der Waals surface area (Å²) in [5.41, 5.74) is 3.18. The minimum atomic E-state index is -0.639. The van der Waals surface area contributed by atoms with Gasteiger partial charge in [-0.05, 0) is 56.2 Å². The van der Waals surface area contributed by atoms with Crippen LogP contribution in [0.2, 0.25) is 0 Å². The molecule has 1 heterocycles. The summed E-state index contributed by atoms with van der Waals surface area (Å²) in [7, 11) is 0. The molecule has 3 rings (SSSR count). The van der Waals surface area contributed by atoms with Crippen LogP contribution in [0.1, 0.15) is 24.0 Å². The molecule has 2 aromatic rings. The Morgan fingerprint density at radius 1 is 1.11 bits per heavy atom. The number of hydrogen-bond donors (Lipinski definition) is 3. The summed E-state index contributed by atoms with van der Waals surface area (Å²) in [5, 5.41) is 7.44. The number of rotatable bonds is 6. The summed E-state index contributed by atoms with van der Waals surface area (Å²) in [6, 6.07) is 12.8. The average Bonchev–Trinajstić information content (AvgIpc) is 2.94. The minimum Gasteiger partial charge on any atom is -0.326 e. The maximum atomic E-state index is 12.0. The third-order valence-electron chi connectivity index (χ3n) is 4.21. The maximum absolute atomic E-state index is 12.0. The lowest BCUT2D eigenvalue weighted by Crippen LogP contribution is -2.30. The van der Waals surface area contributed by atoms with E-state index in [0.717, 1.165) is 4.90 Å². The fourth-order valence-corrected chi connectivity index (χ4v) is 3.69. The summed E-state index contributed by atoms with van der Waals surface area (Å²) in [5.74, 6) is -0.584. The molecule has 0 aliphatic carbocycles. The number of imide groups is 1. The Morgan fingerprint density at radius 2 is 1.85 bits per heavy atom. The largest absolute Gasteiger partial charge is 0.326 e. The summed E-state index contributed by atoms with van der Waals surface area (Å²) in [4.78, 5) is 36.9. The van der Waals surface area contributed by atoms with Crippen molar-refractivity contribution in [2.45, 2.75) is 42.5 Å². The molecule has 0 radical (unpaired) electrons. The molecule has 7 heteroatoms. The second-order valence-electron chi connectivity index (χ2n) is 6.50. The van der Waals surface area contributed by atoms with E-state index in [4.69, 9.17) is 0 Å². The zero-order valence-electron chi connectivity index (χ0n) is 15.2. The van der Waals surface area contributed by atoms with E-state index in [1.165, 1.54) is 16.0 Å². The fraction of sp³-hybridized carbons (Fsp3) is 0.250. The van der Waals surface area contributed by atoms with Crippen molar-refractivity contribution < 1.29 is 14.4 Å². The first-order valence-corrected chi connectivity index (χ1v) is 9.49. The molecule has 4 amide bonds. The second-order valence-corrected chi connectivity index (χ2v) is 7.61. The van der Waals surface area contributed by atoms with Gasteiger partial charge in [0.15, 0.2) is 0 Å². The summed E-state index contributed by atoms with van der Waals surface area (Å²) >= 11 is 1.68. The molecule has 6 nitrogen and oxygen atoms in total. The molecule has 3 N–H and O–H groups in total. The molecular weight excluding hydrogens is 362 g/mol. The van der Waals surface area contributed by atoms with Crippen molar-refractivity contribution in [2.75, 3.05) is 5.32 Å². The van der Waals surface area contributed by atoms with Crippen molar-refractivity contribution in [3.05, 3.63) is 53.6 Å². The highest BCUT2D eigenvalue weighted by atomic mass is 32.2. The van der Waals surface area contributed by atoms with E-state index in [1.807, 2.05) is 24.3 Å². The van der Waals surface area contributed by atoms with Gasteiger partial charge in [0.2, 0.25) is 5.91 Å². The van der Waals surface area contributed by atoms with Crippen LogP contribution >= 0.6 is 11.8 Å². The van der Waals surface area contributed by atoms with Crippen LogP contribution in [-0.2, 0) is 9.59 Å². The van der Waals surface area contributed by atoms with Gasteiger partial charge >= 0.3 is 6.03 Å². The number of amides is 4. The van der Waals surface area contributed by atoms with Gasteiger partial charge in [-0.15, -0.1) is 0 Å². The van der Waals surface area contributed by atoms with E-state index in [0.29, 0.717) is 5.69 Å². The summed E-state index contributed by atoms with van der Waals surface area (Å²) < 4.78 is 0. The molecule has 0 bridgehead atoms. The van der Waals surface area contributed by atoms with Gasteiger partial charge in [-0.2, -0.15) is 0 Å². The second kappa shape index (κ2) is 8.26. The van der Waals surface area contributed by atoms with Crippen LogP contribution in [0.3, 0.4) is 0 Å². The average molecular weight is 383 g/mol. The Kier molecular flexibility index (Phi) is 5.81. The molecular formula is C20H21N3O3S. The highest BCUT2D eigenvalue weighted by Crippen LogP contribution is 2.31. The number of benzene rings is 2. The number of anilines is 1. The molecule has 1 aliphatic heterocycles. The molecule has 27 heavy (non-hydrogen) atoms. The first-order valence-electron chi connectivity index (χ1n) is 8.67. The molecule has 1 fully saturated rings. The lowest BCUT2D eigenvalue weighted by Gasteiger charge is -2.09. The minimum absolute atomic E-state index is 0.150. The number of urea groups is 1. The Labute approximate surface area is 162 Å². The number of carbonyl (C=O) groups is 3. The van der Waals surface area contributed by atoms with Crippen molar-refractivity contribution in [3.8, 4) is 0 Å². The Bertz CT molecular complexity index is 881. The van der Waals surface area contributed by atoms with Gasteiger partial charge in [0.25, 0.3) is 5.91 Å². The first kappa shape index (κ1) is 19.0. The number of carbonyl (C=O) groups excluding carboxylic acids is 3. The highest BCUT2D eigenvalue weighted by molar-refractivity contribution is 7.99. The van der Waals surface area contributed by atoms with E-state index in [1.54, 1.807) is 11.8 Å². The van der Waals surface area contributed by atoms with Gasteiger partial charge in [0, 0.05) is 21.9 Å². The number of nitrogens with one attached hydrogen (secondary N) is 3. The van der Waals surface area contributed by atoms with Crippen LogP contribution in [0.4, 0.5) is 10.5 Å². The van der Waals surface area contributed by atoms with E-state index >= 15 is 0 Å². The van der Waals surface area contributed by atoms with Crippen molar-refractivity contribution in [1.29, 1.82) is 0 Å². The summed E-state index contributed by atoms with van der Waals surface area (Å²) in [6.07, 6.45) is 0.418. The van der Waals surface area contributed by atoms with Gasteiger partial charge < -0.3 is 10.6 Å². The first-order chi connectivity index (χ1) is 12.9. The van der Waals surface area contributed by atoms with Crippen molar-refractivity contribution in [3.63, 3.8) is 0 Å². The van der Waals surface area contributed by atoms with Gasteiger partial charge in [-0.3, -0.25) is 14.9 Å². The zero-order chi connectivity index (χ0) is 19.4. The molecule has 1 atom stereocenters. The third kappa shape index (κ3) is 5.10. The van der Waals surface area contributed by atoms with Gasteiger partial charge in [-0.25, -0.2) is 4.79 Å². The molecule has 1 aliphatic rings. The van der Waals surface area contributed by atoms with Crippen LogP contribution in [0.15, 0.2) is 52.3 Å². The van der Waals surface area contributed by atoms with E-state index in [9.17, 15) is 14.4 Å². The van der Waals surface area contributed by atoms with Crippen molar-refractivity contribution in [1.82, 2.24) is 10.6 Å². The molecule has 0 aromatic heterocycles. The molecule has 1 saturated heterocycles. The fourth-order valence-electron chi connectivity index (χ4n) is 2.81. The quantitative estimate of drug-likeness (QED) is 0.668. The SMILES string of the molecule is Cc1ccc(Sc2ccc(NC(=O)CC[C@@H]3NC(=O)NC3=O)cc2)c(C)c1. The number of aryl methyl sites for hydroxylation is 2. The lowest BCUT2D eigenvalue weighted by molar-refractivity contribution is -0.120. The van der Waals surface area contributed by atoms with Gasteiger partial charge in [0.1, 0.15) is 6.04 Å². The molecule has 140 valence electrons.